The van der Waals surface area contributed by atoms with Gasteiger partial charge in [-0.15, -0.1) is 10.2 Å². The fraction of sp³-hybridized carbons (Fsp3) is 0.360. The summed E-state index contributed by atoms with van der Waals surface area (Å²) in [4.78, 5) is 25.7. The highest BCUT2D eigenvalue weighted by Gasteiger charge is 2.22. The van der Waals surface area contributed by atoms with Crippen molar-refractivity contribution in [3.05, 3.63) is 58.9 Å². The quantitative estimate of drug-likeness (QED) is 0.282. The number of aromatic nitrogens is 4. The zero-order valence-electron chi connectivity index (χ0n) is 19.5. The van der Waals surface area contributed by atoms with E-state index in [0.29, 0.717) is 47.5 Å². The Morgan fingerprint density at radius 3 is 2.77 bits per heavy atom. The van der Waals surface area contributed by atoms with E-state index in [1.807, 2.05) is 52.9 Å². The summed E-state index contributed by atoms with van der Waals surface area (Å²) >= 11 is 1.29. The molecule has 9 nitrogen and oxygen atoms in total. The Balaban J connectivity index is 1.29. The number of ether oxygens (including phenoxy) is 2. The van der Waals surface area contributed by atoms with Crippen molar-refractivity contribution in [1.29, 1.82) is 0 Å². The predicted molar refractivity (Wildman–Crippen MR) is 134 cm³/mol. The van der Waals surface area contributed by atoms with Crippen LogP contribution in [0.4, 0.5) is 0 Å². The molecule has 1 amide bonds. The number of nitrogens with zero attached hydrogens (tertiary/aromatic N) is 4. The number of aryl methyl sites for hydroxylation is 1. The van der Waals surface area contributed by atoms with E-state index in [2.05, 4.69) is 22.4 Å². The fourth-order valence-electron chi connectivity index (χ4n) is 4.12. The van der Waals surface area contributed by atoms with Crippen LogP contribution in [0.3, 0.4) is 0 Å². The summed E-state index contributed by atoms with van der Waals surface area (Å²) in [5.41, 5.74) is 0.667. The van der Waals surface area contributed by atoms with Crippen LogP contribution in [0.2, 0.25) is 0 Å². The molecule has 1 N–H and O–H groups in total. The highest BCUT2D eigenvalue weighted by molar-refractivity contribution is 7.99. The monoisotopic (exact) mass is 493 g/mol. The molecule has 10 heteroatoms. The lowest BCUT2D eigenvalue weighted by molar-refractivity contribution is -0.119. The van der Waals surface area contributed by atoms with Gasteiger partial charge in [-0.25, -0.2) is 0 Å². The predicted octanol–water partition coefficient (Wildman–Crippen LogP) is 3.28. The molecule has 0 saturated carbocycles. The second kappa shape index (κ2) is 10.4. The fourth-order valence-corrected chi connectivity index (χ4v) is 4.89. The van der Waals surface area contributed by atoms with E-state index in [9.17, 15) is 9.59 Å². The minimum absolute atomic E-state index is 0.0674. The van der Waals surface area contributed by atoms with Crippen molar-refractivity contribution < 1.29 is 14.3 Å². The molecule has 0 aliphatic carbocycles. The van der Waals surface area contributed by atoms with Gasteiger partial charge in [0.2, 0.25) is 11.7 Å². The molecule has 0 fully saturated rings. The first-order chi connectivity index (χ1) is 17.2. The first-order valence-corrected chi connectivity index (χ1v) is 12.8. The van der Waals surface area contributed by atoms with Gasteiger partial charge in [0.05, 0.1) is 23.2 Å². The Labute approximate surface area is 206 Å². The number of rotatable bonds is 9. The smallest absolute Gasteiger partial charge is 0.262 e. The molecule has 1 aliphatic heterocycles. The molecule has 182 valence electrons. The normalized spacial score (nSPS) is 14.9. The minimum Gasteiger partial charge on any atom is -0.486 e. The average molecular weight is 494 g/mol. The lowest BCUT2D eigenvalue weighted by atomic mass is 10.2. The molecule has 4 aromatic rings. The molecule has 2 aromatic carbocycles. The van der Waals surface area contributed by atoms with Crippen molar-refractivity contribution in [1.82, 2.24) is 24.5 Å². The summed E-state index contributed by atoms with van der Waals surface area (Å²) in [6.07, 6.45) is 2.73. The Kier molecular flexibility index (Phi) is 6.89. The summed E-state index contributed by atoms with van der Waals surface area (Å²) < 4.78 is 15.2. The highest BCUT2D eigenvalue weighted by Crippen LogP contribution is 2.30. The van der Waals surface area contributed by atoms with Crippen molar-refractivity contribution in [2.24, 2.45) is 0 Å². The number of fused-ring (bicyclic) bond motifs is 4. The van der Waals surface area contributed by atoms with E-state index >= 15 is 0 Å². The van der Waals surface area contributed by atoms with Gasteiger partial charge in [0.25, 0.3) is 5.56 Å². The molecular formula is C25H27N5O4S. The molecular weight excluding hydrogens is 466 g/mol. The van der Waals surface area contributed by atoms with E-state index in [1.165, 1.54) is 11.8 Å². The number of hydrogen-bond acceptors (Lipinski definition) is 7. The number of carbonyl (C=O) groups is 1. The molecule has 1 unspecified atom stereocenters. The standard InChI is InChI=1S/C25H27N5O4S/c1-2-3-8-13-29-23(32)18-9-4-5-10-19(18)30-24(29)27-28-25(30)35-16-22(31)26-14-17-15-33-20-11-6-7-12-21(20)34-17/h4-7,9-12,17H,2-3,8,13-16H2,1H3,(H,26,31). The Morgan fingerprint density at radius 2 is 1.91 bits per heavy atom. The van der Waals surface area contributed by atoms with Crippen molar-refractivity contribution in [3.63, 3.8) is 0 Å². The molecule has 35 heavy (non-hydrogen) atoms. The number of para-hydroxylation sites is 3. The van der Waals surface area contributed by atoms with Gasteiger partial charge in [-0.3, -0.25) is 18.6 Å². The Morgan fingerprint density at radius 1 is 1.11 bits per heavy atom. The van der Waals surface area contributed by atoms with E-state index < -0.39 is 0 Å². The summed E-state index contributed by atoms with van der Waals surface area (Å²) in [7, 11) is 0. The molecule has 1 atom stereocenters. The summed E-state index contributed by atoms with van der Waals surface area (Å²) in [5.74, 6) is 1.91. The van der Waals surface area contributed by atoms with E-state index in [-0.39, 0.29) is 23.3 Å². The van der Waals surface area contributed by atoms with Gasteiger partial charge >= 0.3 is 0 Å². The molecule has 1 aliphatic rings. The van der Waals surface area contributed by atoms with Crippen LogP contribution >= 0.6 is 11.8 Å². The van der Waals surface area contributed by atoms with Gasteiger partial charge in [-0.05, 0) is 30.7 Å². The maximum atomic E-state index is 13.1. The summed E-state index contributed by atoms with van der Waals surface area (Å²) in [6.45, 7) is 3.42. The van der Waals surface area contributed by atoms with Gasteiger partial charge < -0.3 is 14.8 Å². The van der Waals surface area contributed by atoms with E-state index in [4.69, 9.17) is 9.47 Å². The molecule has 0 saturated heterocycles. The lowest BCUT2D eigenvalue weighted by Gasteiger charge is -2.26. The number of hydrogen-bond donors (Lipinski definition) is 1. The van der Waals surface area contributed by atoms with Gasteiger partial charge in [0.15, 0.2) is 16.7 Å². The third kappa shape index (κ3) is 4.84. The molecule has 2 aromatic heterocycles. The number of carbonyl (C=O) groups excluding carboxylic acids is 1. The number of benzene rings is 2. The number of amides is 1. The Hall–Kier alpha value is -3.53. The van der Waals surface area contributed by atoms with Crippen LogP contribution in [-0.4, -0.2) is 50.1 Å². The molecule has 3 heterocycles. The van der Waals surface area contributed by atoms with Crippen molar-refractivity contribution in [2.45, 2.75) is 44.0 Å². The van der Waals surface area contributed by atoms with Gasteiger partial charge in [0, 0.05) is 6.54 Å². The number of nitrogens with one attached hydrogen (secondary N) is 1. The third-order valence-corrected chi connectivity index (χ3v) is 6.82. The van der Waals surface area contributed by atoms with Gasteiger partial charge in [0.1, 0.15) is 12.7 Å². The van der Waals surface area contributed by atoms with E-state index in [0.717, 1.165) is 24.8 Å². The van der Waals surface area contributed by atoms with Crippen molar-refractivity contribution >= 4 is 34.3 Å². The largest absolute Gasteiger partial charge is 0.486 e. The maximum absolute atomic E-state index is 13.1. The van der Waals surface area contributed by atoms with Crippen LogP contribution in [0.25, 0.3) is 16.7 Å². The van der Waals surface area contributed by atoms with Crippen LogP contribution in [0.5, 0.6) is 11.5 Å². The van der Waals surface area contributed by atoms with Gasteiger partial charge in [-0.1, -0.05) is 55.8 Å². The minimum atomic E-state index is -0.255. The summed E-state index contributed by atoms with van der Waals surface area (Å²) in [6, 6.07) is 14.9. The summed E-state index contributed by atoms with van der Waals surface area (Å²) in [5, 5.41) is 12.7. The average Bonchev–Trinajstić information content (AvgIpc) is 3.32. The second-order valence-electron chi connectivity index (χ2n) is 8.39. The molecule has 5 rings (SSSR count). The van der Waals surface area contributed by atoms with Crippen LogP contribution in [0.15, 0.2) is 58.5 Å². The van der Waals surface area contributed by atoms with Gasteiger partial charge in [-0.2, -0.15) is 0 Å². The third-order valence-electron chi connectivity index (χ3n) is 5.89. The van der Waals surface area contributed by atoms with Crippen LogP contribution in [0.1, 0.15) is 26.2 Å². The zero-order valence-corrected chi connectivity index (χ0v) is 20.3. The van der Waals surface area contributed by atoms with E-state index in [1.54, 1.807) is 4.57 Å². The zero-order chi connectivity index (χ0) is 24.2. The number of unbranched alkanes of at least 4 members (excludes halogenated alkanes) is 2. The maximum Gasteiger partial charge on any atom is 0.262 e. The van der Waals surface area contributed by atoms with Crippen LogP contribution in [0, 0.1) is 0 Å². The van der Waals surface area contributed by atoms with Crippen molar-refractivity contribution in [2.75, 3.05) is 18.9 Å². The number of thioether (sulfide) groups is 1. The van der Waals surface area contributed by atoms with Crippen LogP contribution in [-0.2, 0) is 11.3 Å². The topological polar surface area (TPSA) is 99.8 Å². The molecule has 0 radical (unpaired) electrons. The Bertz CT molecular complexity index is 1420. The molecule has 0 spiro atoms. The lowest BCUT2D eigenvalue weighted by Crippen LogP contribution is -2.41. The first kappa shape index (κ1) is 23.2. The molecule has 0 bridgehead atoms. The van der Waals surface area contributed by atoms with Crippen LogP contribution < -0.4 is 20.3 Å². The second-order valence-corrected chi connectivity index (χ2v) is 9.33. The first-order valence-electron chi connectivity index (χ1n) is 11.8. The highest BCUT2D eigenvalue weighted by atomic mass is 32.2. The van der Waals surface area contributed by atoms with Crippen molar-refractivity contribution in [3.8, 4) is 11.5 Å². The SMILES string of the molecule is CCCCCn1c(=O)c2ccccc2n2c(SCC(=O)NCC3COc4ccccc4O3)nnc12.